The SMILES string of the molecule is COC(=O)C(c1ccccc1Cl)N1CCN(C(=O)c2ccc(N3CCCC3)c([N+](=O)[O-])c2)CC1. The van der Waals surface area contributed by atoms with E-state index >= 15 is 0 Å². The zero-order chi connectivity index (χ0) is 24.2. The van der Waals surface area contributed by atoms with Crippen LogP contribution < -0.4 is 4.90 Å². The van der Waals surface area contributed by atoms with Crippen molar-refractivity contribution in [1.82, 2.24) is 9.80 Å². The lowest BCUT2D eigenvalue weighted by molar-refractivity contribution is -0.384. The molecule has 180 valence electrons. The number of amides is 1. The van der Waals surface area contributed by atoms with E-state index in [1.165, 1.54) is 13.2 Å². The Bertz CT molecular complexity index is 1080. The van der Waals surface area contributed by atoms with E-state index in [4.69, 9.17) is 16.3 Å². The second-order valence-electron chi connectivity index (χ2n) is 8.43. The van der Waals surface area contributed by atoms with E-state index in [0.29, 0.717) is 48.0 Å². The van der Waals surface area contributed by atoms with Crippen LogP contribution in [0.25, 0.3) is 0 Å². The minimum absolute atomic E-state index is 0.0455. The van der Waals surface area contributed by atoms with Crippen LogP contribution >= 0.6 is 11.6 Å². The molecule has 0 aliphatic carbocycles. The lowest BCUT2D eigenvalue weighted by atomic mass is 10.0. The van der Waals surface area contributed by atoms with Crippen LogP contribution in [-0.4, -0.2) is 73.0 Å². The number of nitro groups is 1. The van der Waals surface area contributed by atoms with Gasteiger partial charge in [-0.05, 0) is 36.6 Å². The summed E-state index contributed by atoms with van der Waals surface area (Å²) in [5.74, 6) is -0.677. The average molecular weight is 487 g/mol. The van der Waals surface area contributed by atoms with E-state index in [2.05, 4.69) is 0 Å². The quantitative estimate of drug-likeness (QED) is 0.350. The molecule has 2 aromatic carbocycles. The summed E-state index contributed by atoms with van der Waals surface area (Å²) in [5.41, 5.74) is 1.46. The number of esters is 1. The first-order chi connectivity index (χ1) is 16.4. The zero-order valence-corrected chi connectivity index (χ0v) is 19.7. The second kappa shape index (κ2) is 10.4. The zero-order valence-electron chi connectivity index (χ0n) is 19.0. The van der Waals surface area contributed by atoms with Gasteiger partial charge in [0.1, 0.15) is 11.7 Å². The van der Waals surface area contributed by atoms with Gasteiger partial charge in [-0.3, -0.25) is 19.8 Å². The largest absolute Gasteiger partial charge is 0.468 e. The molecule has 10 heteroatoms. The summed E-state index contributed by atoms with van der Waals surface area (Å²) in [6.07, 6.45) is 2.01. The molecule has 0 spiro atoms. The number of ether oxygens (including phenoxy) is 1. The first kappa shape index (κ1) is 24.0. The molecule has 2 aliphatic rings. The van der Waals surface area contributed by atoms with Crippen LogP contribution in [0.5, 0.6) is 0 Å². The Hall–Kier alpha value is -3.17. The van der Waals surface area contributed by atoms with Gasteiger partial charge in [0.15, 0.2) is 0 Å². The lowest BCUT2D eigenvalue weighted by Gasteiger charge is -2.38. The summed E-state index contributed by atoms with van der Waals surface area (Å²) in [6, 6.07) is 11.2. The first-order valence-corrected chi connectivity index (χ1v) is 11.7. The lowest BCUT2D eigenvalue weighted by Crippen LogP contribution is -2.51. The summed E-state index contributed by atoms with van der Waals surface area (Å²) < 4.78 is 5.02. The summed E-state index contributed by atoms with van der Waals surface area (Å²) in [7, 11) is 1.34. The highest BCUT2D eigenvalue weighted by Gasteiger charge is 2.34. The molecule has 0 radical (unpaired) electrons. The van der Waals surface area contributed by atoms with Crippen LogP contribution in [0.4, 0.5) is 11.4 Å². The summed E-state index contributed by atoms with van der Waals surface area (Å²) in [4.78, 5) is 42.6. The van der Waals surface area contributed by atoms with Gasteiger partial charge >= 0.3 is 5.97 Å². The maximum absolute atomic E-state index is 13.2. The maximum atomic E-state index is 13.2. The minimum atomic E-state index is -0.670. The Morgan fingerprint density at radius 3 is 2.32 bits per heavy atom. The van der Waals surface area contributed by atoms with Crippen LogP contribution in [0.1, 0.15) is 34.8 Å². The van der Waals surface area contributed by atoms with Gasteiger partial charge in [-0.2, -0.15) is 0 Å². The van der Waals surface area contributed by atoms with Crippen molar-refractivity contribution in [3.63, 3.8) is 0 Å². The van der Waals surface area contributed by atoms with Crippen molar-refractivity contribution in [1.29, 1.82) is 0 Å². The Balaban J connectivity index is 1.49. The van der Waals surface area contributed by atoms with E-state index in [0.717, 1.165) is 25.9 Å². The van der Waals surface area contributed by atoms with Crippen LogP contribution in [-0.2, 0) is 9.53 Å². The fourth-order valence-corrected chi connectivity index (χ4v) is 4.91. The van der Waals surface area contributed by atoms with Crippen molar-refractivity contribution in [3.05, 3.63) is 68.7 Å². The van der Waals surface area contributed by atoms with E-state index in [9.17, 15) is 19.7 Å². The third kappa shape index (κ3) is 4.85. The summed E-state index contributed by atoms with van der Waals surface area (Å²) >= 11 is 6.34. The number of carbonyl (C=O) groups is 2. The fourth-order valence-electron chi connectivity index (χ4n) is 4.68. The molecule has 0 bridgehead atoms. The molecule has 1 atom stereocenters. The number of carbonyl (C=O) groups excluding carboxylic acids is 2. The van der Waals surface area contributed by atoms with Crippen molar-refractivity contribution in [2.45, 2.75) is 18.9 Å². The molecular weight excluding hydrogens is 460 g/mol. The van der Waals surface area contributed by atoms with Gasteiger partial charge in [0.05, 0.1) is 12.0 Å². The number of benzene rings is 2. The third-order valence-corrected chi connectivity index (χ3v) is 6.80. The molecule has 2 heterocycles. The van der Waals surface area contributed by atoms with Crippen molar-refractivity contribution in [2.75, 3.05) is 51.3 Å². The number of hydrogen-bond donors (Lipinski definition) is 0. The molecular formula is C24H27ClN4O5. The van der Waals surface area contributed by atoms with Crippen molar-refractivity contribution < 1.29 is 19.2 Å². The Kier molecular flexibility index (Phi) is 7.33. The van der Waals surface area contributed by atoms with Crippen LogP contribution in [0.15, 0.2) is 42.5 Å². The number of anilines is 1. The molecule has 4 rings (SSSR count). The van der Waals surface area contributed by atoms with Crippen LogP contribution in [0.2, 0.25) is 5.02 Å². The van der Waals surface area contributed by atoms with Crippen LogP contribution in [0, 0.1) is 10.1 Å². The average Bonchev–Trinajstić information content (AvgIpc) is 3.39. The Morgan fingerprint density at radius 1 is 1.03 bits per heavy atom. The number of hydrogen-bond acceptors (Lipinski definition) is 7. The molecule has 1 amide bonds. The molecule has 2 saturated heterocycles. The van der Waals surface area contributed by atoms with E-state index in [1.54, 1.807) is 35.2 Å². The number of nitrogens with zero attached hydrogens (tertiary/aromatic N) is 4. The summed E-state index contributed by atoms with van der Waals surface area (Å²) in [6.45, 7) is 3.18. The number of nitro benzene ring substituents is 1. The van der Waals surface area contributed by atoms with Gasteiger partial charge in [0.25, 0.3) is 11.6 Å². The molecule has 0 N–H and O–H groups in total. The van der Waals surface area contributed by atoms with Gasteiger partial charge < -0.3 is 14.5 Å². The topological polar surface area (TPSA) is 96.2 Å². The molecule has 1 unspecified atom stereocenters. The molecule has 34 heavy (non-hydrogen) atoms. The predicted molar refractivity (Wildman–Crippen MR) is 128 cm³/mol. The van der Waals surface area contributed by atoms with Gasteiger partial charge in [-0.15, -0.1) is 0 Å². The molecule has 2 aliphatic heterocycles. The summed E-state index contributed by atoms with van der Waals surface area (Å²) in [5, 5.41) is 12.2. The molecule has 0 saturated carbocycles. The first-order valence-electron chi connectivity index (χ1n) is 11.3. The fraction of sp³-hybridized carbons (Fsp3) is 0.417. The van der Waals surface area contributed by atoms with Crippen molar-refractivity contribution in [2.24, 2.45) is 0 Å². The minimum Gasteiger partial charge on any atom is -0.468 e. The Labute approximate surface area is 203 Å². The number of methoxy groups -OCH3 is 1. The number of piperazine rings is 1. The molecule has 2 fully saturated rings. The monoisotopic (exact) mass is 486 g/mol. The molecule has 9 nitrogen and oxygen atoms in total. The second-order valence-corrected chi connectivity index (χ2v) is 8.84. The van der Waals surface area contributed by atoms with Gasteiger partial charge in [-0.1, -0.05) is 29.8 Å². The van der Waals surface area contributed by atoms with Gasteiger partial charge in [-0.25, -0.2) is 4.79 Å². The van der Waals surface area contributed by atoms with Gasteiger partial charge in [0.2, 0.25) is 0 Å². The third-order valence-electron chi connectivity index (χ3n) is 6.46. The highest BCUT2D eigenvalue weighted by atomic mass is 35.5. The van der Waals surface area contributed by atoms with E-state index < -0.39 is 16.9 Å². The van der Waals surface area contributed by atoms with Crippen LogP contribution in [0.3, 0.4) is 0 Å². The number of rotatable bonds is 6. The highest BCUT2D eigenvalue weighted by Crippen LogP contribution is 2.33. The standard InChI is InChI=1S/C24H27ClN4O5/c1-34-24(31)22(18-6-2-3-7-19(18)25)27-12-14-28(15-13-27)23(30)17-8-9-20(21(16-17)29(32)33)26-10-4-5-11-26/h2-3,6-9,16,22H,4-5,10-15H2,1H3. The van der Waals surface area contributed by atoms with E-state index in [-0.39, 0.29) is 11.6 Å². The molecule has 2 aromatic rings. The van der Waals surface area contributed by atoms with Gasteiger partial charge in [0, 0.05) is 55.9 Å². The Morgan fingerprint density at radius 2 is 1.71 bits per heavy atom. The predicted octanol–water partition coefficient (Wildman–Crippen LogP) is 3.52. The number of halogens is 1. The highest BCUT2D eigenvalue weighted by molar-refractivity contribution is 6.31. The smallest absolute Gasteiger partial charge is 0.327 e. The maximum Gasteiger partial charge on any atom is 0.327 e. The van der Waals surface area contributed by atoms with Crippen molar-refractivity contribution in [3.8, 4) is 0 Å². The normalized spacial score (nSPS) is 17.5. The molecule has 0 aromatic heterocycles. The van der Waals surface area contributed by atoms with Crippen molar-refractivity contribution >= 4 is 34.9 Å². The van der Waals surface area contributed by atoms with E-state index in [1.807, 2.05) is 15.9 Å².